The topological polar surface area (TPSA) is 61.8 Å². The number of nitrogens with two attached hydrogens (primary N) is 1. The third-order valence-electron chi connectivity index (χ3n) is 3.04. The lowest BCUT2D eigenvalue weighted by atomic mass is 10.1. The van der Waals surface area contributed by atoms with Gasteiger partial charge in [0, 0.05) is 28.8 Å². The van der Waals surface area contributed by atoms with Crippen LogP contribution >= 0.6 is 11.3 Å². The van der Waals surface area contributed by atoms with Crippen molar-refractivity contribution < 1.29 is 5.21 Å². The normalized spacial score (nSPS) is 14.1. The minimum atomic E-state index is 0.0700. The van der Waals surface area contributed by atoms with Crippen molar-refractivity contribution in [1.29, 1.82) is 0 Å². The summed E-state index contributed by atoms with van der Waals surface area (Å²) < 4.78 is 0. The zero-order valence-corrected chi connectivity index (χ0v) is 12.2. The molecular formula is C13H23N3OS. The average molecular weight is 269 g/mol. The van der Waals surface area contributed by atoms with E-state index in [-0.39, 0.29) is 5.92 Å². The van der Waals surface area contributed by atoms with Crippen LogP contribution in [0.4, 0.5) is 0 Å². The maximum atomic E-state index is 8.66. The van der Waals surface area contributed by atoms with Gasteiger partial charge in [-0.05, 0) is 25.1 Å². The highest BCUT2D eigenvalue weighted by molar-refractivity contribution is 7.11. The molecule has 4 nitrogen and oxygen atoms in total. The first kappa shape index (κ1) is 15.0. The Morgan fingerprint density at radius 1 is 1.44 bits per heavy atom. The highest BCUT2D eigenvalue weighted by Gasteiger charge is 2.13. The molecule has 0 aliphatic heterocycles. The molecule has 3 N–H and O–H groups in total. The van der Waals surface area contributed by atoms with Gasteiger partial charge in [-0.1, -0.05) is 25.9 Å². The quantitative estimate of drug-likeness (QED) is 0.346. The maximum absolute atomic E-state index is 8.66. The van der Waals surface area contributed by atoms with Gasteiger partial charge in [-0.25, -0.2) is 0 Å². The number of amidine groups is 1. The van der Waals surface area contributed by atoms with Crippen molar-refractivity contribution in [2.75, 3.05) is 13.1 Å². The summed E-state index contributed by atoms with van der Waals surface area (Å²) in [4.78, 5) is 5.11. The van der Waals surface area contributed by atoms with E-state index in [0.717, 1.165) is 26.1 Å². The Balaban J connectivity index is 2.56. The van der Waals surface area contributed by atoms with Gasteiger partial charge in [0.1, 0.15) is 5.84 Å². The van der Waals surface area contributed by atoms with Gasteiger partial charge in [0.05, 0.1) is 0 Å². The zero-order valence-electron chi connectivity index (χ0n) is 11.4. The van der Waals surface area contributed by atoms with Gasteiger partial charge >= 0.3 is 0 Å². The molecule has 0 fully saturated rings. The highest BCUT2D eigenvalue weighted by Crippen LogP contribution is 2.19. The van der Waals surface area contributed by atoms with Gasteiger partial charge in [0.2, 0.25) is 0 Å². The summed E-state index contributed by atoms with van der Waals surface area (Å²) >= 11 is 1.87. The number of oxime groups is 1. The summed E-state index contributed by atoms with van der Waals surface area (Å²) in [7, 11) is 0. The number of hydrogen-bond donors (Lipinski definition) is 2. The molecule has 0 aliphatic carbocycles. The van der Waals surface area contributed by atoms with Gasteiger partial charge in [-0.15, -0.1) is 11.3 Å². The lowest BCUT2D eigenvalue weighted by Crippen LogP contribution is -2.34. The predicted octanol–water partition coefficient (Wildman–Crippen LogP) is 2.51. The Morgan fingerprint density at radius 2 is 2.11 bits per heavy atom. The molecular weight excluding hydrogens is 246 g/mol. The van der Waals surface area contributed by atoms with Crippen LogP contribution < -0.4 is 5.73 Å². The molecule has 18 heavy (non-hydrogen) atoms. The predicted molar refractivity (Wildman–Crippen MR) is 77.2 cm³/mol. The first-order valence-corrected chi connectivity index (χ1v) is 7.19. The molecule has 1 heterocycles. The SMILES string of the molecule is CCc1ccc(CN(CC)CC(C)/C(N)=N/O)s1. The second-order valence-corrected chi connectivity index (χ2v) is 5.73. The molecule has 0 bridgehead atoms. The van der Waals surface area contributed by atoms with E-state index < -0.39 is 0 Å². The maximum Gasteiger partial charge on any atom is 0.143 e. The Morgan fingerprint density at radius 3 is 2.61 bits per heavy atom. The first-order valence-electron chi connectivity index (χ1n) is 6.38. The minimum Gasteiger partial charge on any atom is -0.409 e. The molecule has 1 aromatic rings. The van der Waals surface area contributed by atoms with Gasteiger partial charge < -0.3 is 10.9 Å². The lowest BCUT2D eigenvalue weighted by Gasteiger charge is -2.23. The van der Waals surface area contributed by atoms with Gasteiger partial charge in [-0.3, -0.25) is 4.90 Å². The standard InChI is InChI=1S/C13H23N3OS/c1-4-11-6-7-12(18-11)9-16(5-2)8-10(3)13(14)15-17/h6-7,10,17H,4-5,8-9H2,1-3H3,(H2,14,15). The van der Waals surface area contributed by atoms with E-state index in [1.165, 1.54) is 9.75 Å². The van der Waals surface area contributed by atoms with Gasteiger partial charge in [0.25, 0.3) is 0 Å². The Hall–Kier alpha value is -1.07. The largest absolute Gasteiger partial charge is 0.409 e. The molecule has 0 aromatic carbocycles. The van der Waals surface area contributed by atoms with Gasteiger partial charge in [-0.2, -0.15) is 0 Å². The number of hydrogen-bond acceptors (Lipinski definition) is 4. The van der Waals surface area contributed by atoms with Crippen LogP contribution in [0, 0.1) is 5.92 Å². The molecule has 0 spiro atoms. The van der Waals surface area contributed by atoms with E-state index in [2.05, 4.69) is 36.0 Å². The van der Waals surface area contributed by atoms with Crippen molar-refractivity contribution in [2.24, 2.45) is 16.8 Å². The van der Waals surface area contributed by atoms with Crippen LogP contribution in [-0.2, 0) is 13.0 Å². The third kappa shape index (κ3) is 4.31. The summed E-state index contributed by atoms with van der Waals surface area (Å²) in [5, 5.41) is 11.7. The molecule has 1 rings (SSSR count). The van der Waals surface area contributed by atoms with E-state index in [9.17, 15) is 0 Å². The van der Waals surface area contributed by atoms with E-state index in [1.54, 1.807) is 0 Å². The van der Waals surface area contributed by atoms with Crippen LogP contribution in [0.3, 0.4) is 0 Å². The van der Waals surface area contributed by atoms with E-state index in [4.69, 9.17) is 10.9 Å². The van der Waals surface area contributed by atoms with Crippen LogP contribution in [0.2, 0.25) is 0 Å². The van der Waals surface area contributed by atoms with Crippen LogP contribution in [0.25, 0.3) is 0 Å². The Kier molecular flexibility index (Phi) is 6.15. The molecule has 0 amide bonds. The summed E-state index contributed by atoms with van der Waals surface area (Å²) in [5.41, 5.74) is 5.61. The van der Waals surface area contributed by atoms with E-state index >= 15 is 0 Å². The second-order valence-electron chi connectivity index (χ2n) is 4.48. The van der Waals surface area contributed by atoms with Crippen molar-refractivity contribution in [3.05, 3.63) is 21.9 Å². The summed E-state index contributed by atoms with van der Waals surface area (Å²) in [6.07, 6.45) is 1.09. The summed E-state index contributed by atoms with van der Waals surface area (Å²) in [5.74, 6) is 0.370. The van der Waals surface area contributed by atoms with Crippen molar-refractivity contribution in [1.82, 2.24) is 4.90 Å². The highest BCUT2D eigenvalue weighted by atomic mass is 32.1. The number of nitrogens with zero attached hydrogens (tertiary/aromatic N) is 2. The summed E-state index contributed by atoms with van der Waals surface area (Å²) in [6, 6.07) is 4.39. The Labute approximate surface area is 113 Å². The molecule has 1 aromatic heterocycles. The van der Waals surface area contributed by atoms with Crippen LogP contribution in [-0.4, -0.2) is 29.0 Å². The summed E-state index contributed by atoms with van der Waals surface area (Å²) in [6.45, 7) is 8.99. The number of rotatable bonds is 7. The van der Waals surface area contributed by atoms with Crippen molar-refractivity contribution in [3.63, 3.8) is 0 Å². The molecule has 1 unspecified atom stereocenters. The minimum absolute atomic E-state index is 0.0700. The van der Waals surface area contributed by atoms with E-state index in [0.29, 0.717) is 5.84 Å². The third-order valence-corrected chi connectivity index (χ3v) is 4.26. The molecule has 0 saturated carbocycles. The number of thiophene rings is 1. The first-order chi connectivity index (χ1) is 8.60. The van der Waals surface area contributed by atoms with Crippen molar-refractivity contribution in [3.8, 4) is 0 Å². The van der Waals surface area contributed by atoms with Crippen LogP contribution in [0.5, 0.6) is 0 Å². The lowest BCUT2D eigenvalue weighted by molar-refractivity contribution is 0.259. The second kappa shape index (κ2) is 7.38. The average Bonchev–Trinajstić information content (AvgIpc) is 2.84. The monoisotopic (exact) mass is 269 g/mol. The molecule has 102 valence electrons. The van der Waals surface area contributed by atoms with Crippen LogP contribution in [0.1, 0.15) is 30.5 Å². The van der Waals surface area contributed by atoms with Crippen LogP contribution in [0.15, 0.2) is 17.3 Å². The van der Waals surface area contributed by atoms with E-state index in [1.807, 2.05) is 18.3 Å². The molecule has 5 heteroatoms. The van der Waals surface area contributed by atoms with Crippen molar-refractivity contribution >= 4 is 17.2 Å². The molecule has 0 aliphatic rings. The molecule has 0 saturated heterocycles. The fraction of sp³-hybridized carbons (Fsp3) is 0.615. The fourth-order valence-electron chi connectivity index (χ4n) is 1.80. The van der Waals surface area contributed by atoms with Gasteiger partial charge in [0.15, 0.2) is 0 Å². The number of aryl methyl sites for hydroxylation is 1. The molecule has 1 atom stereocenters. The zero-order chi connectivity index (χ0) is 13.5. The smallest absolute Gasteiger partial charge is 0.143 e. The van der Waals surface area contributed by atoms with Crippen molar-refractivity contribution in [2.45, 2.75) is 33.7 Å². The fourth-order valence-corrected chi connectivity index (χ4v) is 2.80. The molecule has 0 radical (unpaired) electrons. The Bertz CT molecular complexity index is 389.